The highest BCUT2D eigenvalue weighted by Gasteiger charge is 2.42. The molecule has 2 saturated heterocycles. The van der Waals surface area contributed by atoms with Crippen molar-refractivity contribution in [2.24, 2.45) is 5.73 Å². The Hall–Kier alpha value is -3.40. The highest BCUT2D eigenvalue weighted by atomic mass is 19.1. The van der Waals surface area contributed by atoms with Crippen LogP contribution in [0.3, 0.4) is 0 Å². The van der Waals surface area contributed by atoms with Gasteiger partial charge in [-0.25, -0.2) is 8.78 Å². The van der Waals surface area contributed by atoms with Crippen LogP contribution in [0.2, 0.25) is 0 Å². The zero-order valence-corrected chi connectivity index (χ0v) is 25.2. The zero-order chi connectivity index (χ0) is 30.6. The number of piperidine rings is 1. The van der Waals surface area contributed by atoms with Crippen molar-refractivity contribution in [1.82, 2.24) is 19.7 Å². The van der Waals surface area contributed by atoms with Crippen molar-refractivity contribution in [1.29, 1.82) is 0 Å². The van der Waals surface area contributed by atoms with Gasteiger partial charge in [-0.1, -0.05) is 37.1 Å². The quantitative estimate of drug-likeness (QED) is 0.408. The van der Waals surface area contributed by atoms with Crippen molar-refractivity contribution < 1.29 is 13.6 Å². The van der Waals surface area contributed by atoms with Crippen LogP contribution in [0.4, 0.5) is 8.78 Å². The Bertz CT molecular complexity index is 1470. The molecule has 1 aliphatic carbocycles. The number of aromatic nitrogens is 1. The molecule has 6 rings (SSSR count). The van der Waals surface area contributed by atoms with Gasteiger partial charge in [0.05, 0.1) is 6.04 Å². The molecule has 2 atom stereocenters. The summed E-state index contributed by atoms with van der Waals surface area (Å²) in [5, 5.41) is 0. The van der Waals surface area contributed by atoms with Crippen LogP contribution < -0.4 is 11.2 Å². The molecule has 3 heterocycles. The van der Waals surface area contributed by atoms with Crippen molar-refractivity contribution in [2.75, 3.05) is 33.2 Å². The highest BCUT2D eigenvalue weighted by molar-refractivity contribution is 5.63. The first-order valence-corrected chi connectivity index (χ1v) is 15.3. The molecule has 3 N–H and O–H groups in total. The second kappa shape index (κ2) is 13.5. The lowest BCUT2D eigenvalue weighted by molar-refractivity contribution is -0.121. The minimum absolute atomic E-state index is 0.0844. The largest absolute Gasteiger partial charge is 0.361 e. The molecule has 3 fully saturated rings. The molecule has 0 radical (unpaired) electrons. The zero-order valence-electron chi connectivity index (χ0n) is 25.2. The molecule has 1 spiro atoms. The molecular formula is C34H43F2N5O2. The maximum atomic E-state index is 13.6. The average molecular weight is 592 g/mol. The summed E-state index contributed by atoms with van der Waals surface area (Å²) in [6.07, 6.45) is 8.89. The van der Waals surface area contributed by atoms with Gasteiger partial charge in [-0.3, -0.25) is 14.5 Å². The van der Waals surface area contributed by atoms with Crippen LogP contribution in [-0.2, 0) is 11.3 Å². The minimum atomic E-state index is -0.508. The molecule has 0 bridgehead atoms. The number of amides is 1. The van der Waals surface area contributed by atoms with Gasteiger partial charge in [0.15, 0.2) is 5.43 Å². The number of nitrogens with two attached hydrogens (primary N) is 1. The first-order valence-electron chi connectivity index (χ1n) is 15.3. The van der Waals surface area contributed by atoms with Crippen molar-refractivity contribution in [3.63, 3.8) is 0 Å². The van der Waals surface area contributed by atoms with Gasteiger partial charge >= 0.3 is 0 Å². The normalized spacial score (nSPS) is 22.3. The summed E-state index contributed by atoms with van der Waals surface area (Å²) < 4.78 is 26.8. The van der Waals surface area contributed by atoms with Crippen LogP contribution in [-0.4, -0.2) is 70.9 Å². The Balaban J connectivity index is 0.000000188. The van der Waals surface area contributed by atoms with E-state index in [9.17, 15) is 18.4 Å². The summed E-state index contributed by atoms with van der Waals surface area (Å²) in [6, 6.07) is 12.7. The molecule has 2 aliphatic heterocycles. The number of H-pyrrole nitrogens is 1. The first-order chi connectivity index (χ1) is 20.7. The number of likely N-dealkylation sites (N-methyl/N-ethyl adjacent to an activating group) is 1. The van der Waals surface area contributed by atoms with E-state index < -0.39 is 17.7 Å². The van der Waals surface area contributed by atoms with E-state index in [0.29, 0.717) is 25.8 Å². The lowest BCUT2D eigenvalue weighted by Crippen LogP contribution is -2.59. The summed E-state index contributed by atoms with van der Waals surface area (Å²) in [5.41, 5.74) is 10.5. The molecule has 1 aromatic heterocycles. The van der Waals surface area contributed by atoms with E-state index in [0.717, 1.165) is 61.2 Å². The van der Waals surface area contributed by atoms with Crippen LogP contribution in [0.1, 0.15) is 61.3 Å². The smallest absolute Gasteiger partial charge is 0.210 e. The maximum Gasteiger partial charge on any atom is 0.210 e. The van der Waals surface area contributed by atoms with Crippen molar-refractivity contribution in [2.45, 2.75) is 69.6 Å². The third-order valence-electron chi connectivity index (χ3n) is 9.45. The average Bonchev–Trinajstić information content (AvgIpc) is 3.45. The Labute approximate surface area is 252 Å². The van der Waals surface area contributed by atoms with Gasteiger partial charge in [-0.2, -0.15) is 0 Å². The topological polar surface area (TPSA) is 85.7 Å². The number of rotatable bonds is 5. The molecule has 43 heavy (non-hydrogen) atoms. The SMILES string of the molecule is Cc1ccccc1-c1cc(=O)c(CN2CCN(C)CC23CCCC3)c[nH]1.NC1CCN(C=O)C(c2cc(F)ccc2F)C1. The molecule has 1 saturated carbocycles. The number of carbonyl (C=O) groups is 1. The second-order valence-corrected chi connectivity index (χ2v) is 12.5. The number of hydrogen-bond acceptors (Lipinski definition) is 5. The fourth-order valence-electron chi connectivity index (χ4n) is 7.04. The molecule has 7 nitrogen and oxygen atoms in total. The number of pyridine rings is 1. The number of piperazine rings is 1. The minimum Gasteiger partial charge on any atom is -0.361 e. The first kappa shape index (κ1) is 31.0. The van der Waals surface area contributed by atoms with Gasteiger partial charge in [-0.05, 0) is 63.4 Å². The van der Waals surface area contributed by atoms with E-state index in [2.05, 4.69) is 40.9 Å². The van der Waals surface area contributed by atoms with Crippen LogP contribution in [0, 0.1) is 18.6 Å². The van der Waals surface area contributed by atoms with Crippen molar-refractivity contribution in [3.05, 3.63) is 93.3 Å². The number of nitrogens with one attached hydrogen (secondary N) is 1. The highest BCUT2D eigenvalue weighted by Crippen LogP contribution is 2.38. The lowest BCUT2D eigenvalue weighted by atomic mass is 9.91. The van der Waals surface area contributed by atoms with E-state index in [1.165, 1.54) is 36.1 Å². The number of hydrogen-bond donors (Lipinski definition) is 2. The molecule has 230 valence electrons. The number of aryl methyl sites for hydroxylation is 1. The number of likely N-dealkylation sites (tertiary alicyclic amines) is 1. The summed E-state index contributed by atoms with van der Waals surface area (Å²) in [5.74, 6) is -1.01. The van der Waals surface area contributed by atoms with Gasteiger partial charge < -0.3 is 20.5 Å². The van der Waals surface area contributed by atoms with Crippen LogP contribution in [0.5, 0.6) is 0 Å². The van der Waals surface area contributed by atoms with Gasteiger partial charge in [0.1, 0.15) is 11.6 Å². The fraction of sp³-hybridized carbons (Fsp3) is 0.471. The lowest BCUT2D eigenvalue weighted by Gasteiger charge is -2.48. The van der Waals surface area contributed by atoms with Gasteiger partial charge in [0.25, 0.3) is 0 Å². The Morgan fingerprint density at radius 3 is 2.56 bits per heavy atom. The predicted octanol–water partition coefficient (Wildman–Crippen LogP) is 5.00. The number of benzene rings is 2. The van der Waals surface area contributed by atoms with E-state index in [1.54, 1.807) is 6.07 Å². The number of aromatic amines is 1. The molecule has 3 aromatic rings. The van der Waals surface area contributed by atoms with Crippen LogP contribution in [0.25, 0.3) is 11.3 Å². The second-order valence-electron chi connectivity index (χ2n) is 12.5. The number of halogens is 2. The summed E-state index contributed by atoms with van der Waals surface area (Å²) in [4.78, 5) is 33.6. The van der Waals surface area contributed by atoms with Gasteiger partial charge in [0.2, 0.25) is 6.41 Å². The molecule has 2 unspecified atom stereocenters. The predicted molar refractivity (Wildman–Crippen MR) is 165 cm³/mol. The molecular weight excluding hydrogens is 548 g/mol. The number of nitrogens with zero attached hydrogens (tertiary/aromatic N) is 3. The van der Waals surface area contributed by atoms with Crippen molar-refractivity contribution in [3.8, 4) is 11.3 Å². The third-order valence-corrected chi connectivity index (χ3v) is 9.45. The number of carbonyl (C=O) groups excluding carboxylic acids is 1. The molecule has 2 aromatic carbocycles. The Morgan fingerprint density at radius 2 is 1.84 bits per heavy atom. The Kier molecular flexibility index (Phi) is 9.74. The van der Waals surface area contributed by atoms with E-state index in [4.69, 9.17) is 5.73 Å². The van der Waals surface area contributed by atoms with Crippen LogP contribution >= 0.6 is 0 Å². The van der Waals surface area contributed by atoms with Crippen LogP contribution in [0.15, 0.2) is 59.5 Å². The summed E-state index contributed by atoms with van der Waals surface area (Å²) in [6.45, 7) is 6.58. The third kappa shape index (κ3) is 7.06. The standard InChI is InChI=1S/C22H29N3O.C12H14F2N2O/c1-17-7-3-4-8-19(17)20-13-21(26)18(14-23-20)15-25-12-11-24(2)16-22(25)9-5-6-10-22;13-8-1-2-11(14)10(5-8)12-6-9(15)3-4-16(12)7-17/h3-4,7-8,13-14H,5-6,9-12,15-16H2,1-2H3,(H,23,26);1-2,5,7,9,12H,3-4,6,15H2. The summed E-state index contributed by atoms with van der Waals surface area (Å²) >= 11 is 0. The van der Waals surface area contributed by atoms with Crippen molar-refractivity contribution >= 4 is 6.41 Å². The van der Waals surface area contributed by atoms with Gasteiger partial charge in [0, 0.05) is 79.0 Å². The van der Waals surface area contributed by atoms with E-state index >= 15 is 0 Å². The van der Waals surface area contributed by atoms with E-state index in [1.807, 2.05) is 18.3 Å². The monoisotopic (exact) mass is 591 g/mol. The van der Waals surface area contributed by atoms with Gasteiger partial charge in [-0.15, -0.1) is 0 Å². The Morgan fingerprint density at radius 1 is 1.07 bits per heavy atom. The summed E-state index contributed by atoms with van der Waals surface area (Å²) in [7, 11) is 2.22. The molecule has 1 amide bonds. The fourth-order valence-corrected chi connectivity index (χ4v) is 7.04. The maximum absolute atomic E-state index is 13.6. The molecule has 3 aliphatic rings. The molecule has 9 heteroatoms. The van der Waals surface area contributed by atoms with E-state index in [-0.39, 0.29) is 22.6 Å².